The van der Waals surface area contributed by atoms with Crippen molar-refractivity contribution >= 4 is 6.03 Å². The van der Waals surface area contributed by atoms with Crippen molar-refractivity contribution in [1.82, 2.24) is 14.7 Å². The fourth-order valence-corrected chi connectivity index (χ4v) is 4.55. The van der Waals surface area contributed by atoms with Crippen molar-refractivity contribution in [2.45, 2.75) is 25.4 Å². The monoisotopic (exact) mass is 448 g/mol. The maximum absolute atomic E-state index is 12.8. The quantitative estimate of drug-likeness (QED) is 0.603. The van der Waals surface area contributed by atoms with Crippen LogP contribution >= 0.6 is 0 Å². The molecule has 0 aromatic heterocycles. The van der Waals surface area contributed by atoms with Crippen LogP contribution in [0.4, 0.5) is 4.79 Å². The predicted molar refractivity (Wildman–Crippen MR) is 127 cm³/mol. The number of carbonyl (C=O) groups is 1. The van der Waals surface area contributed by atoms with Gasteiger partial charge in [-0.05, 0) is 54.7 Å². The largest absolute Gasteiger partial charge is 0.494 e. The molecule has 2 aromatic carbocycles. The summed E-state index contributed by atoms with van der Waals surface area (Å²) in [7, 11) is 1.92. The SMILES string of the molecule is CN(C(=O)N1CCOCC1)C1CCCN1CCCOc1ccc(-c2ccc(C#N)cc2)cc1. The number of nitriles is 1. The Morgan fingerprint density at radius 2 is 1.76 bits per heavy atom. The van der Waals surface area contributed by atoms with Gasteiger partial charge in [-0.2, -0.15) is 5.26 Å². The summed E-state index contributed by atoms with van der Waals surface area (Å²) in [4.78, 5) is 19.0. The Kier molecular flexibility index (Phi) is 7.82. The molecule has 0 N–H and O–H groups in total. The predicted octanol–water partition coefficient (Wildman–Crippen LogP) is 3.80. The van der Waals surface area contributed by atoms with E-state index in [1.807, 2.05) is 65.4 Å². The number of rotatable bonds is 7. The lowest BCUT2D eigenvalue weighted by atomic mass is 10.0. The van der Waals surface area contributed by atoms with Crippen LogP contribution in [0.3, 0.4) is 0 Å². The van der Waals surface area contributed by atoms with E-state index in [1.54, 1.807) is 0 Å². The fourth-order valence-electron chi connectivity index (χ4n) is 4.55. The van der Waals surface area contributed by atoms with E-state index in [2.05, 4.69) is 11.0 Å². The minimum absolute atomic E-state index is 0.105. The average Bonchev–Trinajstić information content (AvgIpc) is 3.35. The first-order chi connectivity index (χ1) is 16.2. The fraction of sp³-hybridized carbons (Fsp3) is 0.462. The summed E-state index contributed by atoms with van der Waals surface area (Å²) in [6, 6.07) is 17.9. The number of carbonyl (C=O) groups excluding carboxylic acids is 1. The molecular weight excluding hydrogens is 416 g/mol. The number of hydrogen-bond donors (Lipinski definition) is 0. The maximum Gasteiger partial charge on any atom is 0.321 e. The van der Waals surface area contributed by atoms with Gasteiger partial charge >= 0.3 is 6.03 Å². The van der Waals surface area contributed by atoms with Gasteiger partial charge in [0.05, 0.1) is 37.6 Å². The summed E-state index contributed by atoms with van der Waals surface area (Å²) in [5.41, 5.74) is 2.84. The molecular formula is C26H32N4O3. The second-order valence-electron chi connectivity index (χ2n) is 8.57. The lowest BCUT2D eigenvalue weighted by Crippen LogP contribution is -2.53. The Labute approximate surface area is 196 Å². The van der Waals surface area contributed by atoms with Gasteiger partial charge in [0.2, 0.25) is 0 Å². The first-order valence-corrected chi connectivity index (χ1v) is 11.7. The zero-order chi connectivity index (χ0) is 23.0. The molecule has 2 aromatic rings. The number of amides is 2. The van der Waals surface area contributed by atoms with Gasteiger partial charge in [-0.15, -0.1) is 0 Å². The minimum Gasteiger partial charge on any atom is -0.494 e. The topological polar surface area (TPSA) is 69.0 Å². The number of benzene rings is 2. The molecule has 2 fully saturated rings. The first kappa shape index (κ1) is 23.1. The minimum atomic E-state index is 0.105. The molecule has 2 heterocycles. The lowest BCUT2D eigenvalue weighted by molar-refractivity contribution is 0.0315. The number of likely N-dealkylation sites (tertiary alicyclic amines) is 1. The molecule has 0 aliphatic carbocycles. The second kappa shape index (κ2) is 11.2. The molecule has 2 amide bonds. The third-order valence-corrected chi connectivity index (χ3v) is 6.42. The van der Waals surface area contributed by atoms with Gasteiger partial charge in [0.15, 0.2) is 0 Å². The van der Waals surface area contributed by atoms with E-state index < -0.39 is 0 Å². The van der Waals surface area contributed by atoms with Gasteiger partial charge in [-0.1, -0.05) is 24.3 Å². The number of morpholine rings is 1. The van der Waals surface area contributed by atoms with E-state index in [0.717, 1.165) is 49.2 Å². The van der Waals surface area contributed by atoms with Crippen molar-refractivity contribution in [2.75, 3.05) is 53.0 Å². The molecule has 7 heteroatoms. The first-order valence-electron chi connectivity index (χ1n) is 11.7. The van der Waals surface area contributed by atoms with Crippen molar-refractivity contribution in [3.8, 4) is 22.9 Å². The molecule has 2 saturated heterocycles. The van der Waals surface area contributed by atoms with Crippen LogP contribution < -0.4 is 4.74 Å². The van der Waals surface area contributed by atoms with Crippen LogP contribution in [0.25, 0.3) is 11.1 Å². The van der Waals surface area contributed by atoms with Crippen molar-refractivity contribution < 1.29 is 14.3 Å². The highest BCUT2D eigenvalue weighted by atomic mass is 16.5. The smallest absolute Gasteiger partial charge is 0.321 e. The van der Waals surface area contributed by atoms with E-state index in [0.29, 0.717) is 38.5 Å². The molecule has 174 valence electrons. The maximum atomic E-state index is 12.8. The van der Waals surface area contributed by atoms with Crippen LogP contribution in [-0.2, 0) is 4.74 Å². The summed E-state index contributed by atoms with van der Waals surface area (Å²) in [5.74, 6) is 0.852. The van der Waals surface area contributed by atoms with Crippen molar-refractivity contribution in [2.24, 2.45) is 0 Å². The molecule has 4 rings (SSSR count). The summed E-state index contributed by atoms with van der Waals surface area (Å²) in [5, 5.41) is 8.93. The van der Waals surface area contributed by atoms with Gasteiger partial charge in [-0.25, -0.2) is 4.79 Å². The molecule has 33 heavy (non-hydrogen) atoms. The number of ether oxygens (including phenoxy) is 2. The zero-order valence-electron chi connectivity index (χ0n) is 19.3. The number of urea groups is 1. The molecule has 2 aliphatic rings. The second-order valence-corrected chi connectivity index (χ2v) is 8.57. The van der Waals surface area contributed by atoms with Gasteiger partial charge in [-0.3, -0.25) is 4.90 Å². The van der Waals surface area contributed by atoms with Crippen LogP contribution in [-0.4, -0.2) is 79.9 Å². The van der Waals surface area contributed by atoms with Gasteiger partial charge in [0, 0.05) is 33.2 Å². The lowest BCUT2D eigenvalue weighted by Gasteiger charge is -2.37. The Bertz CT molecular complexity index is 949. The summed E-state index contributed by atoms with van der Waals surface area (Å²) < 4.78 is 11.3. The van der Waals surface area contributed by atoms with Crippen LogP contribution in [0.2, 0.25) is 0 Å². The third-order valence-electron chi connectivity index (χ3n) is 6.42. The highest BCUT2D eigenvalue weighted by molar-refractivity contribution is 5.74. The molecule has 0 saturated carbocycles. The average molecular weight is 449 g/mol. The Morgan fingerprint density at radius 3 is 2.42 bits per heavy atom. The Hall–Kier alpha value is -3.08. The molecule has 2 aliphatic heterocycles. The van der Waals surface area contributed by atoms with Gasteiger partial charge < -0.3 is 19.3 Å². The Balaban J connectivity index is 1.22. The molecule has 0 bridgehead atoms. The molecule has 1 atom stereocenters. The standard InChI is InChI=1S/C26H32N4O3/c1-28(26(31)30-15-18-32-19-16-30)25-4-2-13-29(25)14-3-17-33-24-11-9-23(10-12-24)22-7-5-21(20-27)6-8-22/h5-12,25H,2-4,13-19H2,1H3. The van der Waals surface area contributed by atoms with E-state index in [4.69, 9.17) is 14.7 Å². The molecule has 0 radical (unpaired) electrons. The van der Waals surface area contributed by atoms with Crippen LogP contribution in [0.5, 0.6) is 5.75 Å². The summed E-state index contributed by atoms with van der Waals surface area (Å²) in [6.07, 6.45) is 3.20. The van der Waals surface area contributed by atoms with Crippen LogP contribution in [0, 0.1) is 11.3 Å². The normalized spacial score (nSPS) is 18.7. The molecule has 1 unspecified atom stereocenters. The highest BCUT2D eigenvalue weighted by Gasteiger charge is 2.32. The molecule has 0 spiro atoms. The van der Waals surface area contributed by atoms with Crippen molar-refractivity contribution in [3.05, 3.63) is 54.1 Å². The van der Waals surface area contributed by atoms with Crippen molar-refractivity contribution in [1.29, 1.82) is 5.26 Å². The van der Waals surface area contributed by atoms with E-state index >= 15 is 0 Å². The van der Waals surface area contributed by atoms with Gasteiger partial charge in [0.25, 0.3) is 0 Å². The number of hydrogen-bond acceptors (Lipinski definition) is 5. The highest BCUT2D eigenvalue weighted by Crippen LogP contribution is 2.24. The zero-order valence-corrected chi connectivity index (χ0v) is 19.3. The van der Waals surface area contributed by atoms with E-state index in [-0.39, 0.29) is 12.2 Å². The summed E-state index contributed by atoms with van der Waals surface area (Å²) >= 11 is 0. The third kappa shape index (κ3) is 5.84. The van der Waals surface area contributed by atoms with E-state index in [1.165, 1.54) is 0 Å². The number of nitrogens with zero attached hydrogens (tertiary/aromatic N) is 4. The van der Waals surface area contributed by atoms with E-state index in [9.17, 15) is 4.79 Å². The van der Waals surface area contributed by atoms with Crippen LogP contribution in [0.1, 0.15) is 24.8 Å². The summed E-state index contributed by atoms with van der Waals surface area (Å²) in [6.45, 7) is 5.17. The van der Waals surface area contributed by atoms with Gasteiger partial charge in [0.1, 0.15) is 5.75 Å². The van der Waals surface area contributed by atoms with Crippen LogP contribution in [0.15, 0.2) is 48.5 Å². The molecule has 7 nitrogen and oxygen atoms in total. The van der Waals surface area contributed by atoms with Crippen molar-refractivity contribution in [3.63, 3.8) is 0 Å². The Morgan fingerprint density at radius 1 is 1.09 bits per heavy atom.